The second-order valence-electron chi connectivity index (χ2n) is 2.36. The Bertz CT molecular complexity index is 401. The van der Waals surface area contributed by atoms with Crippen molar-refractivity contribution >= 4 is 5.57 Å². The number of nitrogens with zero attached hydrogens (tertiary/aromatic N) is 1. The first kappa shape index (κ1) is 9.19. The Hall–Kier alpha value is -1.90. The highest BCUT2D eigenvalue weighted by Crippen LogP contribution is 2.09. The number of allylic oxidation sites excluding steroid dienone is 4. The number of aromatic nitrogens is 2. The Balaban J connectivity index is 3.19. The van der Waals surface area contributed by atoms with Gasteiger partial charge in [-0.15, -0.1) is 0 Å². The molecular formula is C10H10N2O. The molecule has 0 radical (unpaired) electrons. The summed E-state index contributed by atoms with van der Waals surface area (Å²) < 4.78 is 0. The number of aromatic amines is 1. The quantitative estimate of drug-likeness (QED) is 0.706. The molecule has 3 heteroatoms. The van der Waals surface area contributed by atoms with Gasteiger partial charge in [-0.2, -0.15) is 0 Å². The van der Waals surface area contributed by atoms with Crippen LogP contribution in [0.4, 0.5) is 0 Å². The van der Waals surface area contributed by atoms with Crippen molar-refractivity contribution in [2.24, 2.45) is 0 Å². The van der Waals surface area contributed by atoms with Crippen molar-refractivity contribution < 1.29 is 0 Å². The SMILES string of the molecule is C=C/C=C(\C=C)c1cc(=O)[nH]cn1. The van der Waals surface area contributed by atoms with Crippen molar-refractivity contribution in [2.45, 2.75) is 0 Å². The first-order valence-corrected chi connectivity index (χ1v) is 3.78. The molecule has 0 saturated carbocycles. The van der Waals surface area contributed by atoms with E-state index >= 15 is 0 Å². The Labute approximate surface area is 76.2 Å². The predicted octanol–water partition coefficient (Wildman–Crippen LogP) is 1.53. The van der Waals surface area contributed by atoms with Gasteiger partial charge in [0.2, 0.25) is 0 Å². The Morgan fingerprint density at radius 2 is 2.31 bits per heavy atom. The van der Waals surface area contributed by atoms with E-state index in [0.717, 1.165) is 5.57 Å². The molecule has 1 heterocycles. The maximum Gasteiger partial charge on any atom is 0.251 e. The smallest absolute Gasteiger partial charge is 0.251 e. The van der Waals surface area contributed by atoms with E-state index in [1.54, 1.807) is 18.2 Å². The number of hydrogen-bond donors (Lipinski definition) is 1. The molecule has 13 heavy (non-hydrogen) atoms. The molecule has 1 N–H and O–H groups in total. The zero-order valence-electron chi connectivity index (χ0n) is 7.16. The van der Waals surface area contributed by atoms with Gasteiger partial charge in [-0.25, -0.2) is 4.98 Å². The van der Waals surface area contributed by atoms with E-state index in [4.69, 9.17) is 0 Å². The normalized spacial score (nSPS) is 10.9. The maximum absolute atomic E-state index is 10.9. The molecule has 1 aromatic heterocycles. The minimum absolute atomic E-state index is 0.179. The van der Waals surface area contributed by atoms with Gasteiger partial charge in [-0.3, -0.25) is 4.79 Å². The van der Waals surface area contributed by atoms with Gasteiger partial charge in [-0.1, -0.05) is 31.4 Å². The molecule has 0 saturated heterocycles. The van der Waals surface area contributed by atoms with Crippen molar-refractivity contribution in [1.29, 1.82) is 0 Å². The summed E-state index contributed by atoms with van der Waals surface area (Å²) in [7, 11) is 0. The molecule has 0 amide bonds. The van der Waals surface area contributed by atoms with Gasteiger partial charge in [0.05, 0.1) is 12.0 Å². The van der Waals surface area contributed by atoms with Crippen LogP contribution in [0.2, 0.25) is 0 Å². The summed E-state index contributed by atoms with van der Waals surface area (Å²) in [5.74, 6) is 0. The molecule has 1 aromatic rings. The second-order valence-corrected chi connectivity index (χ2v) is 2.36. The van der Waals surface area contributed by atoms with E-state index in [-0.39, 0.29) is 5.56 Å². The van der Waals surface area contributed by atoms with Crippen LogP contribution in [-0.2, 0) is 0 Å². The van der Waals surface area contributed by atoms with Crippen LogP contribution in [0.5, 0.6) is 0 Å². The summed E-state index contributed by atoms with van der Waals surface area (Å²) in [6.07, 6.45) is 6.36. The van der Waals surface area contributed by atoms with E-state index in [2.05, 4.69) is 23.1 Å². The fourth-order valence-electron chi connectivity index (χ4n) is 0.911. The minimum Gasteiger partial charge on any atom is -0.313 e. The van der Waals surface area contributed by atoms with Crippen molar-refractivity contribution in [2.75, 3.05) is 0 Å². The fraction of sp³-hybridized carbons (Fsp3) is 0. The predicted molar refractivity (Wildman–Crippen MR) is 53.2 cm³/mol. The van der Waals surface area contributed by atoms with Crippen LogP contribution in [0, 0.1) is 0 Å². The number of hydrogen-bond acceptors (Lipinski definition) is 2. The second kappa shape index (κ2) is 4.21. The Kier molecular flexibility index (Phi) is 2.97. The number of rotatable bonds is 3. The van der Waals surface area contributed by atoms with Gasteiger partial charge in [0, 0.05) is 6.07 Å². The van der Waals surface area contributed by atoms with Gasteiger partial charge < -0.3 is 4.98 Å². The zero-order valence-corrected chi connectivity index (χ0v) is 7.16. The molecule has 0 aliphatic carbocycles. The van der Waals surface area contributed by atoms with E-state index in [1.165, 1.54) is 12.4 Å². The standard InChI is InChI=1S/C10H10N2O/c1-3-5-8(4-2)9-6-10(13)12-7-11-9/h3-7H,1-2H2,(H,11,12,13)/b8-5+. The van der Waals surface area contributed by atoms with Gasteiger partial charge in [0.15, 0.2) is 0 Å². The third kappa shape index (κ3) is 2.27. The Morgan fingerprint density at radius 3 is 2.85 bits per heavy atom. The van der Waals surface area contributed by atoms with Crippen LogP contribution in [0.1, 0.15) is 5.69 Å². The maximum atomic E-state index is 10.9. The van der Waals surface area contributed by atoms with Crippen molar-refractivity contribution in [1.82, 2.24) is 9.97 Å². The summed E-state index contributed by atoms with van der Waals surface area (Å²) >= 11 is 0. The average Bonchev–Trinajstić information content (AvgIpc) is 2.14. The van der Waals surface area contributed by atoms with E-state index < -0.39 is 0 Å². The zero-order chi connectivity index (χ0) is 9.68. The van der Waals surface area contributed by atoms with Crippen LogP contribution >= 0.6 is 0 Å². The van der Waals surface area contributed by atoms with E-state index in [1.807, 2.05) is 0 Å². The lowest BCUT2D eigenvalue weighted by Gasteiger charge is -1.97. The van der Waals surface area contributed by atoms with Crippen molar-refractivity contribution in [3.63, 3.8) is 0 Å². The minimum atomic E-state index is -0.179. The lowest BCUT2D eigenvalue weighted by molar-refractivity contribution is 1.10. The highest BCUT2D eigenvalue weighted by molar-refractivity contribution is 5.71. The molecule has 0 aromatic carbocycles. The molecule has 0 atom stereocenters. The topological polar surface area (TPSA) is 45.8 Å². The van der Waals surface area contributed by atoms with Crippen LogP contribution in [0.25, 0.3) is 5.57 Å². The molecule has 0 bridgehead atoms. The number of H-pyrrole nitrogens is 1. The molecule has 0 aliphatic heterocycles. The third-order valence-corrected chi connectivity index (χ3v) is 1.49. The summed E-state index contributed by atoms with van der Waals surface area (Å²) in [6, 6.07) is 1.41. The highest BCUT2D eigenvalue weighted by Gasteiger charge is 1.97. The first-order valence-electron chi connectivity index (χ1n) is 3.78. The summed E-state index contributed by atoms with van der Waals surface area (Å²) in [5.41, 5.74) is 1.20. The summed E-state index contributed by atoms with van der Waals surface area (Å²) in [4.78, 5) is 17.4. The average molecular weight is 174 g/mol. The number of nitrogens with one attached hydrogen (secondary N) is 1. The third-order valence-electron chi connectivity index (χ3n) is 1.49. The molecule has 0 fully saturated rings. The molecule has 0 aliphatic rings. The summed E-state index contributed by atoms with van der Waals surface area (Å²) in [6.45, 7) is 7.18. The van der Waals surface area contributed by atoms with Crippen LogP contribution in [0.3, 0.4) is 0 Å². The van der Waals surface area contributed by atoms with Crippen LogP contribution in [0.15, 0.2) is 48.6 Å². The molecular weight excluding hydrogens is 164 g/mol. The van der Waals surface area contributed by atoms with E-state index in [0.29, 0.717) is 5.69 Å². The lowest BCUT2D eigenvalue weighted by Crippen LogP contribution is -2.05. The Morgan fingerprint density at radius 1 is 1.54 bits per heavy atom. The molecule has 3 nitrogen and oxygen atoms in total. The molecule has 0 unspecified atom stereocenters. The molecule has 1 rings (SSSR count). The van der Waals surface area contributed by atoms with Crippen LogP contribution in [-0.4, -0.2) is 9.97 Å². The highest BCUT2D eigenvalue weighted by atomic mass is 16.1. The van der Waals surface area contributed by atoms with Crippen LogP contribution < -0.4 is 5.56 Å². The van der Waals surface area contributed by atoms with Crippen molar-refractivity contribution in [3.8, 4) is 0 Å². The van der Waals surface area contributed by atoms with Gasteiger partial charge >= 0.3 is 0 Å². The lowest BCUT2D eigenvalue weighted by atomic mass is 10.1. The summed E-state index contributed by atoms with van der Waals surface area (Å²) in [5, 5.41) is 0. The van der Waals surface area contributed by atoms with Gasteiger partial charge in [0.25, 0.3) is 5.56 Å². The molecule has 66 valence electrons. The van der Waals surface area contributed by atoms with E-state index in [9.17, 15) is 4.79 Å². The molecule has 0 spiro atoms. The largest absolute Gasteiger partial charge is 0.313 e. The monoisotopic (exact) mass is 174 g/mol. The van der Waals surface area contributed by atoms with Crippen molar-refractivity contribution in [3.05, 3.63) is 59.8 Å². The first-order chi connectivity index (χ1) is 6.27. The van der Waals surface area contributed by atoms with Gasteiger partial charge in [0.1, 0.15) is 0 Å². The van der Waals surface area contributed by atoms with Gasteiger partial charge in [-0.05, 0) is 5.57 Å². The fourth-order valence-corrected chi connectivity index (χ4v) is 0.911.